The van der Waals surface area contributed by atoms with Gasteiger partial charge in [0.05, 0.1) is 26.3 Å². The number of carbonyl (C=O) groups excluding carboxylic acids is 2. The molecule has 2 heterocycles. The van der Waals surface area contributed by atoms with Gasteiger partial charge in [0.25, 0.3) is 5.91 Å². The first-order valence-corrected chi connectivity index (χ1v) is 37.9. The van der Waals surface area contributed by atoms with Gasteiger partial charge in [0.1, 0.15) is 5.52 Å². The number of nitrogens with zero attached hydrogens (tertiary/aromatic N) is 3. The number of nitrogens with two attached hydrogens (primary N) is 1. The van der Waals surface area contributed by atoms with Crippen molar-refractivity contribution in [2.45, 2.75) is 304 Å². The number of hydrogen-bond acceptors (Lipinski definition) is 11. The molecule has 3 rings (SSSR count). The van der Waals surface area contributed by atoms with Gasteiger partial charge in [-0.15, -0.1) is 0 Å². The molecule has 0 bridgehead atoms. The van der Waals surface area contributed by atoms with Crippen LogP contribution in [0.15, 0.2) is 53.4 Å². The van der Waals surface area contributed by atoms with Gasteiger partial charge < -0.3 is 41.0 Å². The van der Waals surface area contributed by atoms with E-state index in [4.69, 9.17) is 14.8 Å². The van der Waals surface area contributed by atoms with Crippen molar-refractivity contribution in [3.8, 4) is 0 Å². The summed E-state index contributed by atoms with van der Waals surface area (Å²) in [5.74, 6) is 0.0151. The first kappa shape index (κ1) is 79.8. The molecule has 0 radical (unpaired) electrons. The highest BCUT2D eigenvalue weighted by Gasteiger charge is 2.21. The molecule has 0 aliphatic carbocycles. The Kier molecular flexibility index (Phi) is 51.4. The summed E-state index contributed by atoms with van der Waals surface area (Å²) in [7, 11) is -2.90. The van der Waals surface area contributed by atoms with E-state index < -0.39 is 7.60 Å². The molecule has 0 fully saturated rings. The summed E-state index contributed by atoms with van der Waals surface area (Å²) in [6.45, 7) is 15.3. The van der Waals surface area contributed by atoms with E-state index in [1.807, 2.05) is 6.92 Å². The summed E-state index contributed by atoms with van der Waals surface area (Å²) in [6.07, 6.45) is 62.4. The van der Waals surface area contributed by atoms with Gasteiger partial charge in [-0.3, -0.25) is 18.7 Å². The lowest BCUT2D eigenvalue weighted by atomic mass is 10.1. The van der Waals surface area contributed by atoms with Crippen molar-refractivity contribution in [3.05, 3.63) is 70.2 Å². The Balaban J connectivity index is 0.000000603. The van der Waals surface area contributed by atoms with E-state index in [-0.39, 0.29) is 36.4 Å². The fraction of sp³-hybridized carbons (Fsp3) is 0.764. The predicted octanol–water partition coefficient (Wildman–Crippen LogP) is 19.0. The number of aromatic nitrogens is 4. The second-order valence-electron chi connectivity index (χ2n) is 24.4. The summed E-state index contributed by atoms with van der Waals surface area (Å²) in [4.78, 5) is 48.9. The molecule has 0 unspecified atom stereocenters. The van der Waals surface area contributed by atoms with E-state index in [1.54, 1.807) is 24.3 Å². The number of unbranched alkanes of at least 4 members (excludes halogenated alkanes) is 34. The molecular formula is C72H130N9O6P. The summed E-state index contributed by atoms with van der Waals surface area (Å²) >= 11 is 0. The quantitative estimate of drug-likeness (QED) is 0.0178. The van der Waals surface area contributed by atoms with Gasteiger partial charge in [0.2, 0.25) is 11.9 Å². The van der Waals surface area contributed by atoms with Gasteiger partial charge in [0, 0.05) is 24.8 Å². The Morgan fingerprint density at radius 2 is 0.955 bits per heavy atom. The van der Waals surface area contributed by atoms with Crippen molar-refractivity contribution in [1.29, 1.82) is 0 Å². The Morgan fingerprint density at radius 3 is 1.42 bits per heavy atom. The van der Waals surface area contributed by atoms with Gasteiger partial charge in [-0.2, -0.15) is 9.97 Å². The monoisotopic (exact) mass is 1250 g/mol. The zero-order chi connectivity index (χ0) is 63.6. The fourth-order valence-corrected chi connectivity index (χ4v) is 11.8. The molecule has 16 heteroatoms. The highest BCUT2D eigenvalue weighted by molar-refractivity contribution is 7.53. The third kappa shape index (κ3) is 42.6. The summed E-state index contributed by atoms with van der Waals surface area (Å²) < 4.78 is 25.8. The van der Waals surface area contributed by atoms with Crippen LogP contribution in [-0.2, 0) is 25.0 Å². The lowest BCUT2D eigenvalue weighted by Crippen LogP contribution is -2.37. The molecule has 2 aromatic heterocycles. The summed E-state index contributed by atoms with van der Waals surface area (Å²) in [6, 6.07) is 6.88. The number of rotatable bonds is 59. The molecule has 0 saturated heterocycles. The second kappa shape index (κ2) is 56.7. The molecule has 0 aliphatic rings. The zero-order valence-electron chi connectivity index (χ0n) is 56.8. The summed E-state index contributed by atoms with van der Waals surface area (Å²) in [5, 5.41) is 12.1. The SMILES string of the molecule is CCCCCCCC/C=C\CCCCCCCCOP(=O)(CC)OCCCCCCCC/C=C\CCCCCCCC.CCCCCCCCCCCCNCCCNC(=O)CNC(=O)c1ccc(Cn2c(=O)[nH]c3c(N)nc(NCCCC)nc32)cc1. The lowest BCUT2D eigenvalue weighted by molar-refractivity contribution is -0.120. The molecule has 1 aromatic carbocycles. The van der Waals surface area contributed by atoms with Crippen LogP contribution in [-0.4, -0.2) is 83.4 Å². The van der Waals surface area contributed by atoms with Crippen LogP contribution < -0.4 is 32.7 Å². The number of amides is 2. The largest absolute Gasteiger partial charge is 0.382 e. The Morgan fingerprint density at radius 1 is 0.523 bits per heavy atom. The number of anilines is 2. The molecule has 2 amide bonds. The van der Waals surface area contributed by atoms with Crippen molar-refractivity contribution < 1.29 is 23.2 Å². The van der Waals surface area contributed by atoms with Crippen molar-refractivity contribution in [3.63, 3.8) is 0 Å². The highest BCUT2D eigenvalue weighted by atomic mass is 31.2. The first-order valence-electron chi connectivity index (χ1n) is 36.1. The average Bonchev–Trinajstić information content (AvgIpc) is 1.89. The second-order valence-corrected chi connectivity index (χ2v) is 26.8. The molecule has 7 N–H and O–H groups in total. The molecule has 0 atom stereocenters. The van der Waals surface area contributed by atoms with Crippen LogP contribution in [0.2, 0.25) is 0 Å². The number of allylic oxidation sites excluding steroid dienone is 4. The van der Waals surface area contributed by atoms with Crippen molar-refractivity contribution >= 4 is 42.3 Å². The molecule has 15 nitrogen and oxygen atoms in total. The molecule has 0 aliphatic heterocycles. The highest BCUT2D eigenvalue weighted by Crippen LogP contribution is 2.48. The molecule has 504 valence electrons. The number of H-pyrrole nitrogens is 1. The first-order chi connectivity index (χ1) is 43.1. The third-order valence-electron chi connectivity index (χ3n) is 16.3. The minimum absolute atomic E-state index is 0.0902. The smallest absolute Gasteiger partial charge is 0.330 e. The van der Waals surface area contributed by atoms with E-state index in [1.165, 1.54) is 223 Å². The lowest BCUT2D eigenvalue weighted by Gasteiger charge is -2.17. The fourth-order valence-electron chi connectivity index (χ4n) is 10.6. The molecule has 88 heavy (non-hydrogen) atoms. The maximum Gasteiger partial charge on any atom is 0.330 e. The normalized spacial score (nSPS) is 11.7. The van der Waals surface area contributed by atoms with Gasteiger partial charge in [0.15, 0.2) is 11.5 Å². The van der Waals surface area contributed by atoms with Crippen LogP contribution >= 0.6 is 7.60 Å². The number of carbonyl (C=O) groups is 2. The predicted molar refractivity (Wildman–Crippen MR) is 375 cm³/mol. The molecule has 3 aromatic rings. The molecule has 0 spiro atoms. The van der Waals surface area contributed by atoms with Crippen molar-refractivity contribution in [1.82, 2.24) is 35.5 Å². The zero-order valence-corrected chi connectivity index (χ0v) is 57.7. The van der Waals surface area contributed by atoms with Gasteiger partial charge in [-0.1, -0.05) is 251 Å². The Labute approximate surface area is 536 Å². The van der Waals surface area contributed by atoms with Crippen LogP contribution in [0, 0.1) is 0 Å². The maximum atomic E-state index is 12.8. The minimum atomic E-state index is -2.90. The van der Waals surface area contributed by atoms with Crippen LogP contribution in [0.3, 0.4) is 0 Å². The van der Waals surface area contributed by atoms with Crippen LogP contribution in [0.5, 0.6) is 0 Å². The summed E-state index contributed by atoms with van der Waals surface area (Å²) in [5.41, 5.74) is 7.75. The van der Waals surface area contributed by atoms with E-state index in [2.05, 4.69) is 88.2 Å². The van der Waals surface area contributed by atoms with Crippen molar-refractivity contribution in [2.24, 2.45) is 0 Å². The third-order valence-corrected chi connectivity index (χ3v) is 18.2. The van der Waals surface area contributed by atoms with Gasteiger partial charge in [-0.25, -0.2) is 4.79 Å². The number of benzene rings is 1. The molecular weight excluding hydrogens is 1120 g/mol. The number of aromatic amines is 1. The Hall–Kier alpha value is -4.30. The van der Waals surface area contributed by atoms with E-state index >= 15 is 0 Å². The van der Waals surface area contributed by atoms with Crippen LogP contribution in [0.25, 0.3) is 11.2 Å². The van der Waals surface area contributed by atoms with Gasteiger partial charge >= 0.3 is 13.3 Å². The van der Waals surface area contributed by atoms with E-state index in [0.29, 0.717) is 55.1 Å². The number of nitrogen functional groups attached to an aromatic ring is 1. The Bertz CT molecular complexity index is 2250. The maximum absolute atomic E-state index is 12.8. The number of nitrogens with one attached hydrogen (secondary N) is 5. The standard InChI is InChI=1S/C38H75O3P.C34H55N9O3/c1-4-7-9-11-13-15-17-19-21-23-25-27-29-31-33-35-37-40-42(39,6-3)41-38-36-34-32-30-28-26-24-22-20-18-16-14-12-10-8-5-2;1-3-5-7-8-9-10-11-12-13-14-20-36-21-15-23-37-28(44)24-39-32(45)27-18-16-26(17-19-27)25-43-31-29(40-34(43)46)30(35)41-33(42-31)38-22-6-4-2/h19-22H,4-18,23-38H2,1-3H3;16-19,36H,3-15,20-25H2,1-2H3,(H,37,44)(H,39,45)(H,40,46)(H3,35,38,41,42)/b21-19-,22-20-;. The topological polar surface area (TPSA) is 207 Å². The van der Waals surface area contributed by atoms with E-state index in [9.17, 15) is 18.9 Å². The number of fused-ring (bicyclic) bond motifs is 1. The van der Waals surface area contributed by atoms with E-state index in [0.717, 1.165) is 63.6 Å². The minimum Gasteiger partial charge on any atom is -0.382 e. The van der Waals surface area contributed by atoms with Crippen molar-refractivity contribution in [2.75, 3.05) is 63.1 Å². The average molecular weight is 1250 g/mol. The van der Waals surface area contributed by atoms with Crippen LogP contribution in [0.4, 0.5) is 11.8 Å². The number of imidazole rings is 1. The molecule has 0 saturated carbocycles. The van der Waals surface area contributed by atoms with Crippen LogP contribution in [0.1, 0.15) is 314 Å². The van der Waals surface area contributed by atoms with Gasteiger partial charge in [-0.05, 0) is 114 Å². The number of hydrogen-bond donors (Lipinski definition) is 6.